The monoisotopic (exact) mass is 910 g/mol. The molecule has 2 saturated heterocycles. The van der Waals surface area contributed by atoms with E-state index < -0.39 is 43.0 Å². The van der Waals surface area contributed by atoms with E-state index >= 15 is 4.39 Å². The van der Waals surface area contributed by atoms with Crippen molar-refractivity contribution < 1.29 is 32.4 Å². The molecular weight excluding hydrogens is 852 g/mol. The van der Waals surface area contributed by atoms with Crippen molar-refractivity contribution in [3.63, 3.8) is 0 Å². The van der Waals surface area contributed by atoms with Gasteiger partial charge in [-0.2, -0.15) is 9.37 Å². The lowest BCUT2D eigenvalue weighted by Crippen LogP contribution is -2.63. The van der Waals surface area contributed by atoms with Gasteiger partial charge in [0.25, 0.3) is 21.9 Å². The number of likely N-dealkylation sites (tertiary alicyclic amines) is 1. The number of carbonyl (C=O) groups is 1. The zero-order valence-corrected chi connectivity index (χ0v) is 38.3. The standard InChI is InChI=1S/C48H59FN8O7S/c1-5-47(4,59)18-8-9-21-50-45-40(57(60)61)27-34(28-52-45)65(62,63)54-46(58)38-16-15-33(26-41(38)64-42-25-32-17-22-51-44(32)53-43(42)49)55-23-19-48(20-24-55)29-56(30-48)39-14-10-13-37(39)36-12-7-6-11-35(36)31(2)3/h6-7,11-12,15-17,22,25-28,31,37,39,59H,5,8-10,13-14,18-21,23-24,29-30H2,1-4H3,(H,50,52)(H,51,53)(H,54,58)/t37-,39-,47+/m0/s1. The number of nitrogens with zero attached hydrogens (tertiary/aromatic N) is 5. The quantitative estimate of drug-likeness (QED) is 0.0300. The number of hydrogen-bond acceptors (Lipinski definition) is 12. The number of anilines is 2. The maximum atomic E-state index is 15.4. The van der Waals surface area contributed by atoms with Crippen LogP contribution in [0.3, 0.4) is 0 Å². The molecule has 0 radical (unpaired) electrons. The van der Waals surface area contributed by atoms with Crippen LogP contribution in [0.1, 0.15) is 119 Å². The number of pyridine rings is 2. The average Bonchev–Trinajstić information content (AvgIpc) is 3.95. The van der Waals surface area contributed by atoms with E-state index in [1.54, 1.807) is 31.3 Å². The van der Waals surface area contributed by atoms with E-state index in [4.69, 9.17) is 4.74 Å². The predicted octanol–water partition coefficient (Wildman–Crippen LogP) is 9.02. The molecule has 3 atom stereocenters. The largest absolute Gasteiger partial charge is 0.452 e. The summed E-state index contributed by atoms with van der Waals surface area (Å²) in [4.78, 5) is 40.3. The topological polar surface area (TPSA) is 196 Å². The maximum absolute atomic E-state index is 15.4. The zero-order valence-electron chi connectivity index (χ0n) is 37.5. The van der Waals surface area contributed by atoms with Crippen molar-refractivity contribution in [3.8, 4) is 11.5 Å². The number of unbranched alkanes of at least 4 members (excludes halogenated alkanes) is 1. The van der Waals surface area contributed by atoms with E-state index in [9.17, 15) is 28.4 Å². The Morgan fingerprint density at radius 3 is 2.60 bits per heavy atom. The zero-order chi connectivity index (χ0) is 46.1. The third-order valence-electron chi connectivity index (χ3n) is 13.9. The molecule has 1 amide bonds. The first-order chi connectivity index (χ1) is 31.0. The maximum Gasteiger partial charge on any atom is 0.312 e. The molecule has 1 saturated carbocycles. The summed E-state index contributed by atoms with van der Waals surface area (Å²) in [5, 5.41) is 25.7. The minimum absolute atomic E-state index is 0.0982. The third kappa shape index (κ3) is 9.97. The number of fused-ring (bicyclic) bond motifs is 1. The van der Waals surface area contributed by atoms with Crippen molar-refractivity contribution in [2.75, 3.05) is 42.9 Å². The van der Waals surface area contributed by atoms with E-state index in [1.807, 2.05) is 11.6 Å². The van der Waals surface area contributed by atoms with Crippen LogP contribution in [0.15, 0.2) is 78.0 Å². The van der Waals surface area contributed by atoms with Crippen molar-refractivity contribution in [2.24, 2.45) is 5.41 Å². The SMILES string of the molecule is CC[C@@](C)(O)CCCCNc1ncc(S(=O)(=O)NC(=O)c2ccc(N3CCC4(CC3)CN([C@H]3CCC[C@H]3c3ccccc3C(C)C)C4)cc2Oc2cc3cc[nH]c3nc2F)cc1[N+](=O)[O-]. The van der Waals surface area contributed by atoms with Crippen molar-refractivity contribution in [1.82, 2.24) is 24.6 Å². The van der Waals surface area contributed by atoms with E-state index in [-0.39, 0.29) is 28.3 Å². The number of aromatic amines is 1. The molecule has 5 heterocycles. The summed E-state index contributed by atoms with van der Waals surface area (Å²) >= 11 is 0. The molecule has 1 aliphatic carbocycles. The minimum Gasteiger partial charge on any atom is -0.452 e. The number of benzene rings is 2. The van der Waals surface area contributed by atoms with Gasteiger partial charge in [0.1, 0.15) is 16.3 Å². The van der Waals surface area contributed by atoms with Crippen LogP contribution in [0.4, 0.5) is 21.6 Å². The van der Waals surface area contributed by atoms with E-state index in [0.717, 1.165) is 57.0 Å². The highest BCUT2D eigenvalue weighted by Gasteiger charge is 2.49. The highest BCUT2D eigenvalue weighted by Crippen LogP contribution is 2.49. The summed E-state index contributed by atoms with van der Waals surface area (Å²) < 4.78 is 50.8. The van der Waals surface area contributed by atoms with Gasteiger partial charge < -0.3 is 25.0 Å². The summed E-state index contributed by atoms with van der Waals surface area (Å²) in [5.41, 5.74) is 2.59. The number of nitro groups is 1. The van der Waals surface area contributed by atoms with Crippen LogP contribution in [-0.2, 0) is 10.0 Å². The van der Waals surface area contributed by atoms with Crippen LogP contribution in [0, 0.1) is 21.5 Å². The number of aliphatic hydroxyl groups is 1. The minimum atomic E-state index is -4.71. The van der Waals surface area contributed by atoms with Gasteiger partial charge in [0.05, 0.1) is 22.3 Å². The van der Waals surface area contributed by atoms with E-state index in [1.165, 1.54) is 42.5 Å². The van der Waals surface area contributed by atoms with Gasteiger partial charge in [0, 0.05) is 68.2 Å². The van der Waals surface area contributed by atoms with Crippen LogP contribution >= 0.6 is 0 Å². The lowest BCUT2D eigenvalue weighted by molar-refractivity contribution is -0.384. The summed E-state index contributed by atoms with van der Waals surface area (Å²) in [6.07, 6.45) is 10.5. The molecular formula is C48H59FN8O7S. The van der Waals surface area contributed by atoms with Crippen molar-refractivity contribution in [2.45, 2.75) is 114 Å². The van der Waals surface area contributed by atoms with Gasteiger partial charge in [0.2, 0.25) is 5.82 Å². The smallest absolute Gasteiger partial charge is 0.312 e. The molecule has 2 aliphatic heterocycles. The van der Waals surface area contributed by atoms with Crippen molar-refractivity contribution in [1.29, 1.82) is 0 Å². The number of ether oxygens (including phenoxy) is 1. The molecule has 17 heteroatoms. The van der Waals surface area contributed by atoms with Gasteiger partial charge in [-0.1, -0.05) is 51.5 Å². The van der Waals surface area contributed by atoms with Gasteiger partial charge in [-0.25, -0.2) is 18.1 Å². The van der Waals surface area contributed by atoms with E-state index in [2.05, 4.69) is 68.2 Å². The Kier molecular flexibility index (Phi) is 13.2. The van der Waals surface area contributed by atoms with Crippen molar-refractivity contribution >= 4 is 44.2 Å². The molecule has 5 aromatic rings. The number of halogens is 1. The molecule has 3 aliphatic rings. The molecule has 8 rings (SSSR count). The molecule has 0 unspecified atom stereocenters. The van der Waals surface area contributed by atoms with E-state index in [0.29, 0.717) is 61.1 Å². The van der Waals surface area contributed by atoms with Gasteiger partial charge >= 0.3 is 5.69 Å². The number of piperidine rings is 1. The number of sulfonamides is 1. The van der Waals surface area contributed by atoms with Gasteiger partial charge in [-0.05, 0) is 111 Å². The second-order valence-corrected chi connectivity index (χ2v) is 20.4. The molecule has 3 fully saturated rings. The Bertz CT molecular complexity index is 2660. The first kappa shape index (κ1) is 45.9. The summed E-state index contributed by atoms with van der Waals surface area (Å²) in [5.74, 6) is -1.50. The van der Waals surface area contributed by atoms with Crippen LogP contribution in [-0.4, -0.2) is 88.6 Å². The average molecular weight is 911 g/mol. The Labute approximate surface area is 379 Å². The van der Waals surface area contributed by atoms with Crippen LogP contribution in [0.5, 0.6) is 11.5 Å². The molecule has 2 aromatic carbocycles. The number of carbonyl (C=O) groups excluding carboxylic acids is 1. The number of rotatable bonds is 17. The first-order valence-electron chi connectivity index (χ1n) is 22.8. The molecule has 0 bridgehead atoms. The lowest BCUT2D eigenvalue weighted by Gasteiger charge is -2.57. The van der Waals surface area contributed by atoms with Gasteiger partial charge in [-0.15, -0.1) is 0 Å². The lowest BCUT2D eigenvalue weighted by atomic mass is 9.70. The molecule has 15 nitrogen and oxygen atoms in total. The molecule has 65 heavy (non-hydrogen) atoms. The highest BCUT2D eigenvalue weighted by atomic mass is 32.2. The molecule has 1 spiro atoms. The van der Waals surface area contributed by atoms with Gasteiger partial charge in [0.15, 0.2) is 5.75 Å². The Hall–Kier alpha value is -5.65. The summed E-state index contributed by atoms with van der Waals surface area (Å²) in [6, 6.07) is 18.2. The predicted molar refractivity (Wildman–Crippen MR) is 248 cm³/mol. The Balaban J connectivity index is 0.972. The second-order valence-electron chi connectivity index (χ2n) is 18.7. The number of H-pyrrole nitrogens is 1. The molecule has 4 N–H and O–H groups in total. The van der Waals surface area contributed by atoms with Crippen LogP contribution in [0.2, 0.25) is 0 Å². The number of hydrogen-bond donors (Lipinski definition) is 4. The second kappa shape index (κ2) is 18.7. The fraction of sp³-hybridized carbons (Fsp3) is 0.479. The highest BCUT2D eigenvalue weighted by molar-refractivity contribution is 7.90. The summed E-state index contributed by atoms with van der Waals surface area (Å²) in [6.45, 7) is 12.1. The van der Waals surface area contributed by atoms with Crippen molar-refractivity contribution in [3.05, 3.63) is 106 Å². The number of amides is 1. The Morgan fingerprint density at radius 2 is 1.86 bits per heavy atom. The van der Waals surface area contributed by atoms with Crippen LogP contribution in [0.25, 0.3) is 11.0 Å². The summed E-state index contributed by atoms with van der Waals surface area (Å²) in [7, 11) is -4.71. The fourth-order valence-electron chi connectivity index (χ4n) is 9.94. The normalized spacial score (nSPS) is 19.6. The Morgan fingerprint density at radius 1 is 1.09 bits per heavy atom. The molecule has 346 valence electrons. The third-order valence-corrected chi connectivity index (χ3v) is 15.2. The number of nitrogens with one attached hydrogen (secondary N) is 3. The first-order valence-corrected chi connectivity index (χ1v) is 24.2. The fourth-order valence-corrected chi connectivity index (χ4v) is 10.9. The molecule has 3 aromatic heterocycles. The number of aromatic nitrogens is 3. The van der Waals surface area contributed by atoms with Gasteiger partial charge in [-0.3, -0.25) is 19.8 Å². The van der Waals surface area contributed by atoms with Crippen LogP contribution < -0.4 is 19.7 Å².